The highest BCUT2D eigenvalue weighted by Crippen LogP contribution is 2.41. The van der Waals surface area contributed by atoms with Crippen LogP contribution in [0, 0.1) is 0 Å². The molecular weight excluding hydrogens is 596 g/mol. The fraction of sp³-hybridized carbons (Fsp3) is 0.0952. The van der Waals surface area contributed by atoms with Gasteiger partial charge in [-0.05, 0) is 83.0 Å². The smallest absolute Gasteiger partial charge is 0.139 e. The summed E-state index contributed by atoms with van der Waals surface area (Å²) in [5, 5.41) is 8.20. The zero-order valence-corrected chi connectivity index (χ0v) is 27.6. The molecule has 1 aliphatic rings. The van der Waals surface area contributed by atoms with E-state index in [-0.39, 0.29) is 6.17 Å². The van der Waals surface area contributed by atoms with Gasteiger partial charge in [-0.2, -0.15) is 0 Å². The molecule has 0 spiro atoms. The molecule has 7 rings (SSSR count). The van der Waals surface area contributed by atoms with Gasteiger partial charge in [-0.1, -0.05) is 116 Å². The van der Waals surface area contributed by atoms with Crippen LogP contribution in [-0.2, 0) is 0 Å². The van der Waals surface area contributed by atoms with Gasteiger partial charge in [-0.3, -0.25) is 4.42 Å². The van der Waals surface area contributed by atoms with E-state index < -0.39 is 0 Å². The summed E-state index contributed by atoms with van der Waals surface area (Å²) in [6.07, 6.45) is 7.99. The number of benzene rings is 5. The molecular formula is C42H39ClN4. The van der Waals surface area contributed by atoms with Gasteiger partial charge in [0.1, 0.15) is 6.17 Å². The number of anilines is 3. The summed E-state index contributed by atoms with van der Waals surface area (Å²) in [5.41, 5.74) is 15.7. The molecule has 6 aromatic rings. The molecule has 0 aliphatic carbocycles. The lowest BCUT2D eigenvalue weighted by molar-refractivity contribution is 0.574. The normalized spacial score (nSPS) is 15.2. The predicted octanol–water partition coefficient (Wildman–Crippen LogP) is 9.53. The molecule has 0 fully saturated rings. The van der Waals surface area contributed by atoms with Gasteiger partial charge in [0.05, 0.1) is 29.0 Å². The van der Waals surface area contributed by atoms with Gasteiger partial charge in [-0.25, -0.2) is 0 Å². The second-order valence-corrected chi connectivity index (χ2v) is 11.9. The SMILES string of the molecule is C=C/C=c1/cccc/c1=C(/C)C(=C)c1ccccc1/C=C\C.Nc1ccc2c(c1)c1ccccc1n2C1CNc2ccccc2N1Cl. The van der Waals surface area contributed by atoms with Gasteiger partial charge in [-0.15, -0.1) is 0 Å². The first-order valence-electron chi connectivity index (χ1n) is 15.8. The monoisotopic (exact) mass is 634 g/mol. The van der Waals surface area contributed by atoms with Gasteiger partial charge >= 0.3 is 0 Å². The number of para-hydroxylation sites is 3. The largest absolute Gasteiger partial charge is 0.399 e. The quantitative estimate of drug-likeness (QED) is 0.147. The lowest BCUT2D eigenvalue weighted by Gasteiger charge is -2.35. The summed E-state index contributed by atoms with van der Waals surface area (Å²) in [6.45, 7) is 13.0. The third-order valence-electron chi connectivity index (χ3n) is 8.65. The van der Waals surface area contributed by atoms with Crippen molar-refractivity contribution in [2.45, 2.75) is 20.0 Å². The fourth-order valence-corrected chi connectivity index (χ4v) is 6.66. The molecule has 5 aromatic carbocycles. The summed E-state index contributed by atoms with van der Waals surface area (Å²) < 4.78 is 4.12. The Kier molecular flexibility index (Phi) is 9.32. The van der Waals surface area contributed by atoms with Crippen LogP contribution in [0.1, 0.15) is 31.1 Å². The molecule has 0 amide bonds. The summed E-state index contributed by atoms with van der Waals surface area (Å²) in [7, 11) is 0. The van der Waals surface area contributed by atoms with Crippen molar-refractivity contribution in [2.75, 3.05) is 22.0 Å². The number of nitrogens with zero attached hydrogens (tertiary/aromatic N) is 2. The maximum absolute atomic E-state index is 6.78. The Bertz CT molecular complexity index is 2260. The molecule has 1 unspecified atom stereocenters. The molecule has 0 saturated heterocycles. The molecule has 4 nitrogen and oxygen atoms in total. The topological polar surface area (TPSA) is 46.2 Å². The molecule has 234 valence electrons. The molecule has 2 heterocycles. The summed E-state index contributed by atoms with van der Waals surface area (Å²) in [5.74, 6) is 0. The molecule has 1 aromatic heterocycles. The fourth-order valence-electron chi connectivity index (χ4n) is 6.36. The van der Waals surface area contributed by atoms with E-state index in [9.17, 15) is 0 Å². The first kappa shape index (κ1) is 31.5. The molecule has 0 radical (unpaired) electrons. The van der Waals surface area contributed by atoms with E-state index in [0.717, 1.165) is 45.6 Å². The average Bonchev–Trinajstić information content (AvgIpc) is 3.42. The number of nitrogen functional groups attached to an aromatic ring is 1. The van der Waals surface area contributed by atoms with Crippen molar-refractivity contribution in [1.82, 2.24) is 4.57 Å². The van der Waals surface area contributed by atoms with Crippen LogP contribution in [0.15, 0.2) is 141 Å². The van der Waals surface area contributed by atoms with E-state index in [2.05, 4.69) is 115 Å². The number of aromatic nitrogens is 1. The van der Waals surface area contributed by atoms with Crippen molar-refractivity contribution < 1.29 is 0 Å². The van der Waals surface area contributed by atoms with E-state index in [0.29, 0.717) is 0 Å². The highest BCUT2D eigenvalue weighted by Gasteiger charge is 2.28. The van der Waals surface area contributed by atoms with Gasteiger partial charge < -0.3 is 15.6 Å². The highest BCUT2D eigenvalue weighted by atomic mass is 35.5. The van der Waals surface area contributed by atoms with E-state index in [4.69, 9.17) is 17.5 Å². The van der Waals surface area contributed by atoms with Crippen molar-refractivity contribution >= 4 is 73.9 Å². The van der Waals surface area contributed by atoms with Crippen LogP contribution in [0.25, 0.3) is 45.1 Å². The van der Waals surface area contributed by atoms with E-state index >= 15 is 0 Å². The molecule has 0 saturated carbocycles. The average molecular weight is 635 g/mol. The number of halogens is 1. The zero-order valence-electron chi connectivity index (χ0n) is 26.8. The lowest BCUT2D eigenvalue weighted by Crippen LogP contribution is -2.35. The maximum Gasteiger partial charge on any atom is 0.139 e. The van der Waals surface area contributed by atoms with Crippen LogP contribution >= 0.6 is 11.8 Å². The number of allylic oxidation sites excluding steroid dienone is 3. The number of fused-ring (bicyclic) bond motifs is 4. The third-order valence-corrected chi connectivity index (χ3v) is 9.06. The van der Waals surface area contributed by atoms with Gasteiger partial charge in [0.2, 0.25) is 0 Å². The third kappa shape index (κ3) is 6.20. The Morgan fingerprint density at radius 3 is 2.40 bits per heavy atom. The molecule has 0 bridgehead atoms. The van der Waals surface area contributed by atoms with Crippen molar-refractivity contribution in [3.8, 4) is 0 Å². The van der Waals surface area contributed by atoms with Gasteiger partial charge in [0.25, 0.3) is 0 Å². The van der Waals surface area contributed by atoms with Crippen LogP contribution in [0.3, 0.4) is 0 Å². The van der Waals surface area contributed by atoms with Crippen LogP contribution in [0.4, 0.5) is 17.1 Å². The standard InChI is InChI=1S/C22H22.C20H17ClN4/c1-5-11-19-13-7-9-15-21(19)17(3)18(4)22-16-10-8-14-20(22)12-6-2;21-25-19-8-4-2-6-16(19)23-12-20(25)24-17-7-3-1-5-14(17)15-11-13(22)9-10-18(15)24/h5-16H,1,4H2,2-3H3;1-11,20,23H,12,22H2/b12-6-,19-11-,21-17+;. The van der Waals surface area contributed by atoms with E-state index in [1.807, 2.05) is 66.0 Å². The highest BCUT2D eigenvalue weighted by molar-refractivity contribution is 6.27. The molecule has 1 aliphatic heterocycles. The number of nitrogens with one attached hydrogen (secondary N) is 1. The molecule has 1 atom stereocenters. The maximum atomic E-state index is 6.78. The Hall–Kier alpha value is -5.45. The lowest BCUT2D eigenvalue weighted by atomic mass is 9.94. The Labute approximate surface area is 281 Å². The summed E-state index contributed by atoms with van der Waals surface area (Å²) in [4.78, 5) is 0. The minimum atomic E-state index is -0.0393. The van der Waals surface area contributed by atoms with Gasteiger partial charge in [0.15, 0.2) is 0 Å². The number of hydrogen-bond donors (Lipinski definition) is 2. The van der Waals surface area contributed by atoms with Gasteiger partial charge in [0, 0.05) is 28.2 Å². The van der Waals surface area contributed by atoms with Crippen molar-refractivity contribution in [2.24, 2.45) is 0 Å². The second-order valence-electron chi connectivity index (χ2n) is 11.5. The van der Waals surface area contributed by atoms with Crippen LogP contribution in [0.5, 0.6) is 0 Å². The first-order valence-corrected chi connectivity index (χ1v) is 16.1. The van der Waals surface area contributed by atoms with Crippen LogP contribution in [-0.4, -0.2) is 11.1 Å². The molecule has 5 heteroatoms. The minimum Gasteiger partial charge on any atom is -0.399 e. The van der Waals surface area contributed by atoms with Crippen LogP contribution < -0.4 is 25.9 Å². The Morgan fingerprint density at radius 1 is 0.872 bits per heavy atom. The van der Waals surface area contributed by atoms with Crippen molar-refractivity contribution in [1.29, 1.82) is 0 Å². The Morgan fingerprint density at radius 2 is 1.57 bits per heavy atom. The number of hydrogen-bond acceptors (Lipinski definition) is 3. The van der Waals surface area contributed by atoms with Crippen LogP contribution in [0.2, 0.25) is 0 Å². The zero-order chi connectivity index (χ0) is 32.9. The number of rotatable bonds is 5. The summed E-state index contributed by atoms with van der Waals surface area (Å²) in [6, 6.07) is 39.3. The predicted molar refractivity (Wildman–Crippen MR) is 206 cm³/mol. The summed E-state index contributed by atoms with van der Waals surface area (Å²) >= 11 is 6.78. The second kappa shape index (κ2) is 13.9. The van der Waals surface area contributed by atoms with E-state index in [1.165, 1.54) is 32.5 Å². The molecule has 3 N–H and O–H groups in total. The van der Waals surface area contributed by atoms with Crippen molar-refractivity contribution in [3.05, 3.63) is 162 Å². The molecule has 47 heavy (non-hydrogen) atoms. The number of nitrogens with two attached hydrogens (primary N) is 1. The minimum absolute atomic E-state index is 0.0393. The Balaban J connectivity index is 0.000000166. The van der Waals surface area contributed by atoms with Crippen molar-refractivity contribution in [3.63, 3.8) is 0 Å². The van der Waals surface area contributed by atoms with E-state index in [1.54, 1.807) is 0 Å². The first-order chi connectivity index (χ1) is 22.9.